The lowest BCUT2D eigenvalue weighted by atomic mass is 9.99. The van der Waals surface area contributed by atoms with Crippen molar-refractivity contribution >= 4 is 17.4 Å². The molecule has 2 aromatic rings. The summed E-state index contributed by atoms with van der Waals surface area (Å²) in [6.07, 6.45) is 1.10. The zero-order valence-corrected chi connectivity index (χ0v) is 12.4. The van der Waals surface area contributed by atoms with Crippen molar-refractivity contribution < 1.29 is 14.3 Å². The summed E-state index contributed by atoms with van der Waals surface area (Å²) in [7, 11) is 1.61. The molecular formula is C17H15ClO3. The van der Waals surface area contributed by atoms with E-state index in [9.17, 15) is 4.79 Å². The van der Waals surface area contributed by atoms with E-state index in [1.165, 1.54) is 0 Å². The molecule has 2 aromatic carbocycles. The summed E-state index contributed by atoms with van der Waals surface area (Å²) in [4.78, 5) is 12.5. The van der Waals surface area contributed by atoms with Crippen molar-refractivity contribution in [1.29, 1.82) is 0 Å². The highest BCUT2D eigenvalue weighted by Crippen LogP contribution is 2.33. The summed E-state index contributed by atoms with van der Waals surface area (Å²) in [5.41, 5.74) is 2.49. The maximum absolute atomic E-state index is 12.5. The predicted octanol–water partition coefficient (Wildman–Crippen LogP) is 3.71. The Labute approximate surface area is 128 Å². The summed E-state index contributed by atoms with van der Waals surface area (Å²) in [5, 5.41) is 0.577. The van der Waals surface area contributed by atoms with Crippen LogP contribution in [-0.4, -0.2) is 19.5 Å². The Kier molecular flexibility index (Phi) is 3.84. The Morgan fingerprint density at radius 3 is 3.00 bits per heavy atom. The van der Waals surface area contributed by atoms with E-state index in [0.717, 1.165) is 23.3 Å². The van der Waals surface area contributed by atoms with Crippen LogP contribution in [-0.2, 0) is 12.8 Å². The van der Waals surface area contributed by atoms with Gasteiger partial charge in [-0.1, -0.05) is 23.7 Å². The second-order valence-electron chi connectivity index (χ2n) is 4.99. The Morgan fingerprint density at radius 1 is 1.33 bits per heavy atom. The molecule has 0 bridgehead atoms. The van der Waals surface area contributed by atoms with Gasteiger partial charge in [-0.05, 0) is 35.4 Å². The van der Waals surface area contributed by atoms with Crippen LogP contribution in [0.2, 0.25) is 5.02 Å². The van der Waals surface area contributed by atoms with Crippen LogP contribution in [0.5, 0.6) is 11.5 Å². The molecule has 1 aliphatic heterocycles. The van der Waals surface area contributed by atoms with E-state index in [2.05, 4.69) is 0 Å². The summed E-state index contributed by atoms with van der Waals surface area (Å²) in [6.45, 7) is 0.606. The quantitative estimate of drug-likeness (QED) is 0.808. The minimum atomic E-state index is 0.00361. The first-order valence-electron chi connectivity index (χ1n) is 6.79. The zero-order valence-electron chi connectivity index (χ0n) is 11.7. The fourth-order valence-electron chi connectivity index (χ4n) is 2.54. The number of Topliss-reactive ketones (excluding diaryl/α,β-unsaturated/α-hetero) is 1. The molecule has 1 heterocycles. The van der Waals surface area contributed by atoms with Crippen LogP contribution < -0.4 is 9.47 Å². The third-order valence-corrected chi connectivity index (χ3v) is 3.77. The van der Waals surface area contributed by atoms with Crippen LogP contribution in [0.25, 0.3) is 0 Å². The average Bonchev–Trinajstić information content (AvgIpc) is 2.94. The van der Waals surface area contributed by atoms with Crippen LogP contribution in [0, 0.1) is 0 Å². The van der Waals surface area contributed by atoms with Crippen molar-refractivity contribution in [1.82, 2.24) is 0 Å². The Hall–Kier alpha value is -2.00. The van der Waals surface area contributed by atoms with Crippen molar-refractivity contribution in [3.8, 4) is 11.5 Å². The molecule has 0 radical (unpaired) electrons. The van der Waals surface area contributed by atoms with Gasteiger partial charge in [0.25, 0.3) is 0 Å². The van der Waals surface area contributed by atoms with Crippen molar-refractivity contribution in [2.24, 2.45) is 0 Å². The van der Waals surface area contributed by atoms with E-state index in [4.69, 9.17) is 21.1 Å². The van der Waals surface area contributed by atoms with E-state index in [0.29, 0.717) is 29.4 Å². The minimum absolute atomic E-state index is 0.00361. The van der Waals surface area contributed by atoms with E-state index in [1.807, 2.05) is 30.3 Å². The monoisotopic (exact) mass is 302 g/mol. The first-order chi connectivity index (χ1) is 10.2. The van der Waals surface area contributed by atoms with Crippen molar-refractivity contribution in [3.05, 3.63) is 58.1 Å². The zero-order chi connectivity index (χ0) is 14.8. The van der Waals surface area contributed by atoms with Gasteiger partial charge in [0.2, 0.25) is 0 Å². The van der Waals surface area contributed by atoms with Crippen LogP contribution in [0.4, 0.5) is 0 Å². The minimum Gasteiger partial charge on any atom is -0.497 e. The first kappa shape index (κ1) is 14.0. The smallest absolute Gasteiger partial charge is 0.171 e. The van der Waals surface area contributed by atoms with Gasteiger partial charge in [0.1, 0.15) is 11.5 Å². The molecule has 0 saturated carbocycles. The number of ketones is 1. The van der Waals surface area contributed by atoms with Gasteiger partial charge < -0.3 is 9.47 Å². The standard InChI is InChI=1S/C17H15ClO3/c1-20-14-4-2-3-11(7-14)8-16(19)15-10-13(18)9-12-5-6-21-17(12)15/h2-4,7,9-10H,5-6,8H2,1H3. The Morgan fingerprint density at radius 2 is 2.19 bits per heavy atom. The molecule has 3 rings (SSSR count). The van der Waals surface area contributed by atoms with Crippen molar-refractivity contribution in [2.45, 2.75) is 12.8 Å². The summed E-state index contributed by atoms with van der Waals surface area (Å²) < 4.78 is 10.8. The number of rotatable bonds is 4. The molecule has 108 valence electrons. The van der Waals surface area contributed by atoms with Crippen molar-refractivity contribution in [3.63, 3.8) is 0 Å². The first-order valence-corrected chi connectivity index (χ1v) is 7.16. The van der Waals surface area contributed by atoms with Gasteiger partial charge in [0, 0.05) is 17.9 Å². The third kappa shape index (κ3) is 2.88. The molecule has 21 heavy (non-hydrogen) atoms. The molecular weight excluding hydrogens is 288 g/mol. The van der Waals surface area contributed by atoms with Gasteiger partial charge in [-0.2, -0.15) is 0 Å². The van der Waals surface area contributed by atoms with Crippen LogP contribution in [0.1, 0.15) is 21.5 Å². The molecule has 0 fully saturated rings. The van der Waals surface area contributed by atoms with Crippen LogP contribution in [0.15, 0.2) is 36.4 Å². The fraction of sp³-hybridized carbons (Fsp3) is 0.235. The second kappa shape index (κ2) is 5.78. The number of fused-ring (bicyclic) bond motifs is 1. The van der Waals surface area contributed by atoms with Gasteiger partial charge in [-0.15, -0.1) is 0 Å². The summed E-state index contributed by atoms with van der Waals surface area (Å²) >= 11 is 6.10. The lowest BCUT2D eigenvalue weighted by molar-refractivity contribution is 0.0990. The highest BCUT2D eigenvalue weighted by atomic mass is 35.5. The molecule has 0 saturated heterocycles. The maximum Gasteiger partial charge on any atom is 0.171 e. The molecule has 0 spiro atoms. The lowest BCUT2D eigenvalue weighted by Gasteiger charge is -2.09. The van der Waals surface area contributed by atoms with Crippen LogP contribution in [0.3, 0.4) is 0 Å². The molecule has 1 aliphatic rings. The molecule has 0 aliphatic carbocycles. The highest BCUT2D eigenvalue weighted by molar-refractivity contribution is 6.31. The number of hydrogen-bond donors (Lipinski definition) is 0. The topological polar surface area (TPSA) is 35.5 Å². The molecule has 0 amide bonds. The number of benzene rings is 2. The maximum atomic E-state index is 12.5. The number of halogens is 1. The van der Waals surface area contributed by atoms with E-state index < -0.39 is 0 Å². The third-order valence-electron chi connectivity index (χ3n) is 3.55. The van der Waals surface area contributed by atoms with E-state index in [-0.39, 0.29) is 5.78 Å². The largest absolute Gasteiger partial charge is 0.497 e. The lowest BCUT2D eigenvalue weighted by Crippen LogP contribution is -2.06. The van der Waals surface area contributed by atoms with Crippen molar-refractivity contribution in [2.75, 3.05) is 13.7 Å². The molecule has 3 nitrogen and oxygen atoms in total. The molecule has 0 aromatic heterocycles. The highest BCUT2D eigenvalue weighted by Gasteiger charge is 2.22. The molecule has 0 unspecified atom stereocenters. The van der Waals surface area contributed by atoms with E-state index in [1.54, 1.807) is 13.2 Å². The molecule has 4 heteroatoms. The Bertz CT molecular complexity index is 694. The SMILES string of the molecule is COc1cccc(CC(=O)c2cc(Cl)cc3c2OCC3)c1. The van der Waals surface area contributed by atoms with Crippen LogP contribution >= 0.6 is 11.6 Å². The van der Waals surface area contributed by atoms with Gasteiger partial charge in [0.05, 0.1) is 19.3 Å². The van der Waals surface area contributed by atoms with E-state index >= 15 is 0 Å². The predicted molar refractivity (Wildman–Crippen MR) is 81.7 cm³/mol. The second-order valence-corrected chi connectivity index (χ2v) is 5.43. The normalized spacial score (nSPS) is 12.7. The average molecular weight is 303 g/mol. The van der Waals surface area contributed by atoms with Gasteiger partial charge in [-0.3, -0.25) is 4.79 Å². The number of carbonyl (C=O) groups excluding carboxylic acids is 1. The van der Waals surface area contributed by atoms with Gasteiger partial charge >= 0.3 is 0 Å². The Balaban J connectivity index is 1.89. The molecule has 0 atom stereocenters. The number of carbonyl (C=O) groups is 1. The number of ether oxygens (including phenoxy) is 2. The van der Waals surface area contributed by atoms with Gasteiger partial charge in [0.15, 0.2) is 5.78 Å². The number of hydrogen-bond acceptors (Lipinski definition) is 3. The fourth-order valence-corrected chi connectivity index (χ4v) is 2.78. The molecule has 0 N–H and O–H groups in total. The summed E-state index contributed by atoms with van der Waals surface area (Å²) in [6, 6.07) is 11.1. The number of methoxy groups -OCH3 is 1. The summed E-state index contributed by atoms with van der Waals surface area (Å²) in [5.74, 6) is 1.43. The van der Waals surface area contributed by atoms with Gasteiger partial charge in [-0.25, -0.2) is 0 Å².